The number of ether oxygens (including phenoxy) is 2. The Bertz CT molecular complexity index is 621. The Morgan fingerprint density at radius 3 is 2.71 bits per heavy atom. The number of rotatable bonds is 12. The first kappa shape index (κ1) is 22.2. The summed E-state index contributed by atoms with van der Waals surface area (Å²) in [5, 5.41) is 9.45. The number of unbranched alkanes of at least 4 members (excludes halogenated alkanes) is 1. The highest BCUT2D eigenvalue weighted by Gasteiger charge is 2.24. The van der Waals surface area contributed by atoms with Gasteiger partial charge >= 0.3 is 0 Å². The maximum atomic E-state index is 11.9. The Morgan fingerprint density at radius 1 is 1.14 bits per heavy atom. The molecule has 1 aromatic rings. The standard InChI is InChI=1S/C21H34N4O3/c1-3-5-11-27-13-14-28-12-10-23-21(22-4-2)24-16-17-15-20(26)25-19-9-7-6-8-18(17)19/h6-9,17H,3-5,10-16H2,1-2H3,(H,25,26)(H2,22,23,24). The number of para-hydroxylation sites is 1. The Balaban J connectivity index is 1.74. The number of anilines is 1. The van der Waals surface area contributed by atoms with Crippen LogP contribution < -0.4 is 16.0 Å². The molecule has 1 atom stereocenters. The van der Waals surface area contributed by atoms with E-state index >= 15 is 0 Å². The molecule has 0 spiro atoms. The molecule has 2 rings (SSSR count). The topological polar surface area (TPSA) is 84.0 Å². The maximum Gasteiger partial charge on any atom is 0.225 e. The van der Waals surface area contributed by atoms with Crippen LogP contribution in [0, 0.1) is 0 Å². The van der Waals surface area contributed by atoms with E-state index in [2.05, 4.69) is 33.9 Å². The molecule has 0 fully saturated rings. The van der Waals surface area contributed by atoms with Crippen LogP contribution in [0.4, 0.5) is 5.69 Å². The first-order valence-corrected chi connectivity index (χ1v) is 10.3. The molecular formula is C21H34N4O3. The van der Waals surface area contributed by atoms with Gasteiger partial charge in [-0.1, -0.05) is 31.5 Å². The lowest BCUT2D eigenvalue weighted by Gasteiger charge is -2.24. The van der Waals surface area contributed by atoms with Gasteiger partial charge in [0.15, 0.2) is 5.96 Å². The number of nitrogens with one attached hydrogen (secondary N) is 3. The predicted octanol–water partition coefficient (Wildman–Crippen LogP) is 2.50. The van der Waals surface area contributed by atoms with Crippen LogP contribution in [0.1, 0.15) is 44.6 Å². The van der Waals surface area contributed by atoms with E-state index in [0.29, 0.717) is 39.3 Å². The van der Waals surface area contributed by atoms with Crippen molar-refractivity contribution >= 4 is 17.6 Å². The quantitative estimate of drug-likeness (QED) is 0.290. The van der Waals surface area contributed by atoms with Gasteiger partial charge in [-0.3, -0.25) is 9.79 Å². The minimum Gasteiger partial charge on any atom is -0.379 e. The number of nitrogens with zero attached hydrogens (tertiary/aromatic N) is 1. The third-order valence-corrected chi connectivity index (χ3v) is 4.47. The maximum absolute atomic E-state index is 11.9. The van der Waals surface area contributed by atoms with Gasteiger partial charge in [0.2, 0.25) is 5.91 Å². The average Bonchev–Trinajstić information content (AvgIpc) is 2.70. The van der Waals surface area contributed by atoms with Crippen LogP contribution in [0.25, 0.3) is 0 Å². The van der Waals surface area contributed by atoms with Gasteiger partial charge in [-0.25, -0.2) is 0 Å². The molecule has 3 N–H and O–H groups in total. The van der Waals surface area contributed by atoms with E-state index in [-0.39, 0.29) is 11.8 Å². The molecule has 0 saturated heterocycles. The van der Waals surface area contributed by atoms with Crippen molar-refractivity contribution in [2.24, 2.45) is 4.99 Å². The van der Waals surface area contributed by atoms with E-state index in [4.69, 9.17) is 9.47 Å². The smallest absolute Gasteiger partial charge is 0.225 e. The normalized spacial score (nSPS) is 16.4. The van der Waals surface area contributed by atoms with Crippen molar-refractivity contribution in [2.75, 3.05) is 51.4 Å². The minimum absolute atomic E-state index is 0.0476. The van der Waals surface area contributed by atoms with E-state index in [1.54, 1.807) is 0 Å². The number of fused-ring (bicyclic) bond motifs is 1. The van der Waals surface area contributed by atoms with Crippen LogP contribution in [-0.4, -0.2) is 57.9 Å². The Kier molecular flexibility index (Phi) is 10.4. The lowest BCUT2D eigenvalue weighted by molar-refractivity contribution is -0.116. The number of hydrogen-bond acceptors (Lipinski definition) is 4. The largest absolute Gasteiger partial charge is 0.379 e. The molecule has 0 aliphatic carbocycles. The first-order valence-electron chi connectivity index (χ1n) is 10.3. The summed E-state index contributed by atoms with van der Waals surface area (Å²) in [4.78, 5) is 16.6. The number of carbonyl (C=O) groups is 1. The lowest BCUT2D eigenvalue weighted by Crippen LogP contribution is -2.39. The molecule has 0 bridgehead atoms. The molecule has 7 heteroatoms. The summed E-state index contributed by atoms with van der Waals surface area (Å²) < 4.78 is 11.0. The summed E-state index contributed by atoms with van der Waals surface area (Å²) in [7, 11) is 0. The number of hydrogen-bond donors (Lipinski definition) is 3. The summed E-state index contributed by atoms with van der Waals surface area (Å²) in [5.74, 6) is 0.886. The second-order valence-electron chi connectivity index (χ2n) is 6.76. The molecule has 1 aromatic carbocycles. The number of benzene rings is 1. The first-order chi connectivity index (χ1) is 13.7. The Hall–Kier alpha value is -2.12. The molecule has 1 amide bonds. The SMILES string of the molecule is CCCCOCCOCCNC(=NCC1CC(=O)Nc2ccccc21)NCC. The van der Waals surface area contributed by atoms with Crippen molar-refractivity contribution in [1.29, 1.82) is 0 Å². The van der Waals surface area contributed by atoms with Crippen LogP contribution in [0.3, 0.4) is 0 Å². The highest BCUT2D eigenvalue weighted by Crippen LogP contribution is 2.31. The summed E-state index contributed by atoms with van der Waals surface area (Å²) in [6, 6.07) is 7.94. The molecule has 1 unspecified atom stereocenters. The lowest BCUT2D eigenvalue weighted by atomic mass is 9.91. The van der Waals surface area contributed by atoms with Gasteiger partial charge in [0.05, 0.1) is 26.4 Å². The van der Waals surface area contributed by atoms with Gasteiger partial charge in [0.1, 0.15) is 0 Å². The third kappa shape index (κ3) is 7.86. The molecule has 1 aliphatic rings. The van der Waals surface area contributed by atoms with Crippen molar-refractivity contribution in [1.82, 2.24) is 10.6 Å². The van der Waals surface area contributed by atoms with Crippen molar-refractivity contribution in [3.63, 3.8) is 0 Å². The van der Waals surface area contributed by atoms with E-state index < -0.39 is 0 Å². The predicted molar refractivity (Wildman–Crippen MR) is 113 cm³/mol. The zero-order valence-electron chi connectivity index (χ0n) is 17.1. The van der Waals surface area contributed by atoms with E-state index in [9.17, 15) is 4.79 Å². The Labute approximate surface area is 168 Å². The molecule has 28 heavy (non-hydrogen) atoms. The molecule has 1 heterocycles. The van der Waals surface area contributed by atoms with E-state index in [0.717, 1.165) is 43.2 Å². The van der Waals surface area contributed by atoms with Crippen LogP contribution in [0.2, 0.25) is 0 Å². The van der Waals surface area contributed by atoms with Gasteiger partial charge in [-0.2, -0.15) is 0 Å². The molecular weight excluding hydrogens is 356 g/mol. The summed E-state index contributed by atoms with van der Waals surface area (Å²) in [6.07, 6.45) is 2.70. The molecule has 1 aliphatic heterocycles. The number of amides is 1. The molecule has 156 valence electrons. The summed E-state index contributed by atoms with van der Waals surface area (Å²) >= 11 is 0. The number of guanidine groups is 1. The van der Waals surface area contributed by atoms with Crippen molar-refractivity contribution in [3.8, 4) is 0 Å². The van der Waals surface area contributed by atoms with Crippen LogP contribution in [-0.2, 0) is 14.3 Å². The van der Waals surface area contributed by atoms with Crippen molar-refractivity contribution in [2.45, 2.75) is 39.0 Å². The number of carbonyl (C=O) groups excluding carboxylic acids is 1. The van der Waals surface area contributed by atoms with Crippen molar-refractivity contribution in [3.05, 3.63) is 29.8 Å². The highest BCUT2D eigenvalue weighted by atomic mass is 16.5. The van der Waals surface area contributed by atoms with Gasteiger partial charge in [-0.05, 0) is 25.0 Å². The fourth-order valence-electron chi connectivity index (χ4n) is 3.02. The zero-order valence-corrected chi connectivity index (χ0v) is 17.1. The van der Waals surface area contributed by atoms with Gasteiger partial charge < -0.3 is 25.4 Å². The molecule has 0 saturated carbocycles. The fraction of sp³-hybridized carbons (Fsp3) is 0.619. The second kappa shape index (κ2) is 13.1. The zero-order chi connectivity index (χ0) is 20.0. The third-order valence-electron chi connectivity index (χ3n) is 4.47. The fourth-order valence-corrected chi connectivity index (χ4v) is 3.02. The summed E-state index contributed by atoms with van der Waals surface area (Å²) in [5.41, 5.74) is 2.04. The van der Waals surface area contributed by atoms with Gasteiger partial charge in [0.25, 0.3) is 0 Å². The highest BCUT2D eigenvalue weighted by molar-refractivity contribution is 5.94. The van der Waals surface area contributed by atoms with Crippen LogP contribution >= 0.6 is 0 Å². The van der Waals surface area contributed by atoms with Gasteiger partial charge in [-0.15, -0.1) is 0 Å². The second-order valence-corrected chi connectivity index (χ2v) is 6.76. The van der Waals surface area contributed by atoms with E-state index in [1.807, 2.05) is 25.1 Å². The molecule has 0 aromatic heterocycles. The van der Waals surface area contributed by atoms with Crippen LogP contribution in [0.15, 0.2) is 29.3 Å². The monoisotopic (exact) mass is 390 g/mol. The van der Waals surface area contributed by atoms with Gasteiger partial charge in [0, 0.05) is 37.7 Å². The van der Waals surface area contributed by atoms with E-state index in [1.165, 1.54) is 0 Å². The minimum atomic E-state index is 0.0476. The van der Waals surface area contributed by atoms with Crippen molar-refractivity contribution < 1.29 is 14.3 Å². The molecule has 7 nitrogen and oxygen atoms in total. The number of aliphatic imine (C=N–C) groups is 1. The molecule has 0 radical (unpaired) electrons. The van der Waals surface area contributed by atoms with Crippen LogP contribution in [0.5, 0.6) is 0 Å². The Morgan fingerprint density at radius 2 is 1.93 bits per heavy atom. The average molecular weight is 391 g/mol. The summed E-state index contributed by atoms with van der Waals surface area (Å²) in [6.45, 7) is 8.83.